The molecule has 1 unspecified atom stereocenters. The van der Waals surface area contributed by atoms with Crippen molar-refractivity contribution < 1.29 is 23.9 Å². The molecule has 1 atom stereocenters. The number of hydrogen-bond donors (Lipinski definition) is 1. The molecule has 6 nitrogen and oxygen atoms in total. The van der Waals surface area contributed by atoms with Crippen molar-refractivity contribution in [3.8, 4) is 0 Å². The first kappa shape index (κ1) is 17.7. The van der Waals surface area contributed by atoms with Gasteiger partial charge >= 0.3 is 11.9 Å². The largest absolute Gasteiger partial charge is 0.465 e. The van der Waals surface area contributed by atoms with Gasteiger partial charge < -0.3 is 14.8 Å². The standard InChI is InChI=1S/C16H21NO5/c1-10(2)11(3)17-14(18)9-22-16(20)13-8-6-5-7-12(13)15(19)21-4/h5-8,10-11H,9H2,1-4H3,(H,17,18). The first-order valence-corrected chi connectivity index (χ1v) is 7.00. The van der Waals surface area contributed by atoms with Crippen molar-refractivity contribution in [2.75, 3.05) is 13.7 Å². The highest BCUT2D eigenvalue weighted by molar-refractivity contribution is 6.03. The molecular weight excluding hydrogens is 286 g/mol. The lowest BCUT2D eigenvalue weighted by molar-refractivity contribution is -0.125. The molecule has 1 rings (SSSR count). The second-order valence-electron chi connectivity index (χ2n) is 5.21. The number of amides is 1. The lowest BCUT2D eigenvalue weighted by Gasteiger charge is -2.17. The molecular formula is C16H21NO5. The molecule has 22 heavy (non-hydrogen) atoms. The molecule has 1 aromatic carbocycles. The molecule has 0 saturated carbocycles. The van der Waals surface area contributed by atoms with Crippen LogP contribution in [-0.2, 0) is 14.3 Å². The van der Waals surface area contributed by atoms with E-state index in [1.807, 2.05) is 20.8 Å². The van der Waals surface area contributed by atoms with Crippen molar-refractivity contribution in [3.63, 3.8) is 0 Å². The summed E-state index contributed by atoms with van der Waals surface area (Å²) in [4.78, 5) is 35.3. The first-order chi connectivity index (χ1) is 10.4. The summed E-state index contributed by atoms with van der Waals surface area (Å²) in [6.07, 6.45) is 0. The molecule has 0 bridgehead atoms. The molecule has 1 amide bonds. The van der Waals surface area contributed by atoms with E-state index in [0.717, 1.165) is 0 Å². The van der Waals surface area contributed by atoms with Gasteiger partial charge in [0.25, 0.3) is 5.91 Å². The van der Waals surface area contributed by atoms with Crippen LogP contribution in [0.1, 0.15) is 41.5 Å². The van der Waals surface area contributed by atoms with E-state index in [1.165, 1.54) is 19.2 Å². The SMILES string of the molecule is COC(=O)c1ccccc1C(=O)OCC(=O)NC(C)C(C)C. The van der Waals surface area contributed by atoms with E-state index in [9.17, 15) is 14.4 Å². The van der Waals surface area contributed by atoms with Gasteiger partial charge in [-0.25, -0.2) is 9.59 Å². The van der Waals surface area contributed by atoms with Gasteiger partial charge in [0.15, 0.2) is 6.61 Å². The fraction of sp³-hybridized carbons (Fsp3) is 0.438. The van der Waals surface area contributed by atoms with Gasteiger partial charge in [0.05, 0.1) is 18.2 Å². The molecule has 6 heteroatoms. The van der Waals surface area contributed by atoms with E-state index in [-0.39, 0.29) is 29.0 Å². The zero-order valence-corrected chi connectivity index (χ0v) is 13.2. The second-order valence-corrected chi connectivity index (χ2v) is 5.21. The number of ether oxygens (including phenoxy) is 2. The van der Waals surface area contributed by atoms with Crippen LogP contribution in [-0.4, -0.2) is 37.6 Å². The van der Waals surface area contributed by atoms with Crippen LogP contribution < -0.4 is 5.32 Å². The van der Waals surface area contributed by atoms with E-state index >= 15 is 0 Å². The molecule has 0 fully saturated rings. The van der Waals surface area contributed by atoms with Gasteiger partial charge in [-0.1, -0.05) is 26.0 Å². The number of carbonyl (C=O) groups excluding carboxylic acids is 3. The Morgan fingerprint density at radius 2 is 1.59 bits per heavy atom. The van der Waals surface area contributed by atoms with Crippen molar-refractivity contribution in [3.05, 3.63) is 35.4 Å². The first-order valence-electron chi connectivity index (χ1n) is 7.00. The minimum Gasteiger partial charge on any atom is -0.465 e. The van der Waals surface area contributed by atoms with Gasteiger partial charge in [-0.15, -0.1) is 0 Å². The number of nitrogens with one attached hydrogen (secondary N) is 1. The van der Waals surface area contributed by atoms with E-state index in [1.54, 1.807) is 12.1 Å². The Morgan fingerprint density at radius 1 is 1.05 bits per heavy atom. The molecule has 120 valence electrons. The van der Waals surface area contributed by atoms with Crippen molar-refractivity contribution in [2.45, 2.75) is 26.8 Å². The Labute approximate surface area is 129 Å². The third-order valence-electron chi connectivity index (χ3n) is 3.28. The zero-order chi connectivity index (χ0) is 16.7. The monoisotopic (exact) mass is 307 g/mol. The summed E-state index contributed by atoms with van der Waals surface area (Å²) in [7, 11) is 1.23. The third-order valence-corrected chi connectivity index (χ3v) is 3.28. The Morgan fingerprint density at radius 3 is 2.09 bits per heavy atom. The topological polar surface area (TPSA) is 81.7 Å². The quantitative estimate of drug-likeness (QED) is 0.810. The molecule has 0 saturated heterocycles. The highest BCUT2D eigenvalue weighted by Crippen LogP contribution is 2.11. The maximum absolute atomic E-state index is 12.0. The summed E-state index contributed by atoms with van der Waals surface area (Å²) in [5.74, 6) is -1.48. The molecule has 0 radical (unpaired) electrons. The fourth-order valence-corrected chi connectivity index (χ4v) is 1.62. The molecule has 1 aromatic rings. The molecule has 0 aromatic heterocycles. The third kappa shape index (κ3) is 4.87. The Hall–Kier alpha value is -2.37. The van der Waals surface area contributed by atoms with Gasteiger partial charge in [-0.3, -0.25) is 4.79 Å². The van der Waals surface area contributed by atoms with Crippen LogP contribution in [0.4, 0.5) is 0 Å². The Bertz CT molecular complexity index is 553. The highest BCUT2D eigenvalue weighted by Gasteiger charge is 2.19. The summed E-state index contributed by atoms with van der Waals surface area (Å²) in [6, 6.07) is 6.10. The Balaban J connectivity index is 2.67. The Kier molecular flexibility index (Phi) is 6.56. The van der Waals surface area contributed by atoms with Gasteiger partial charge in [-0.2, -0.15) is 0 Å². The van der Waals surface area contributed by atoms with E-state index < -0.39 is 18.5 Å². The molecule has 0 spiro atoms. The van der Waals surface area contributed by atoms with Crippen LogP contribution in [0.15, 0.2) is 24.3 Å². The lowest BCUT2D eigenvalue weighted by Crippen LogP contribution is -2.38. The number of hydrogen-bond acceptors (Lipinski definition) is 5. The van der Waals surface area contributed by atoms with E-state index in [2.05, 4.69) is 10.1 Å². The summed E-state index contributed by atoms with van der Waals surface area (Å²) < 4.78 is 9.55. The molecule has 0 aliphatic heterocycles. The van der Waals surface area contributed by atoms with Crippen LogP contribution >= 0.6 is 0 Å². The predicted molar refractivity (Wildman–Crippen MR) is 80.5 cm³/mol. The minimum absolute atomic E-state index is 0.0199. The number of methoxy groups -OCH3 is 1. The highest BCUT2D eigenvalue weighted by atomic mass is 16.5. The number of esters is 2. The van der Waals surface area contributed by atoms with Crippen LogP contribution in [0.3, 0.4) is 0 Å². The van der Waals surface area contributed by atoms with Crippen LogP contribution in [0.25, 0.3) is 0 Å². The van der Waals surface area contributed by atoms with Gasteiger partial charge in [0.2, 0.25) is 0 Å². The fourth-order valence-electron chi connectivity index (χ4n) is 1.62. The summed E-state index contributed by atoms with van der Waals surface area (Å²) in [5.41, 5.74) is 0.171. The zero-order valence-electron chi connectivity index (χ0n) is 13.2. The summed E-state index contributed by atoms with van der Waals surface area (Å²) in [5, 5.41) is 2.73. The maximum atomic E-state index is 12.0. The van der Waals surface area contributed by atoms with Gasteiger partial charge in [-0.05, 0) is 25.0 Å². The van der Waals surface area contributed by atoms with Crippen molar-refractivity contribution in [1.82, 2.24) is 5.32 Å². The van der Waals surface area contributed by atoms with Crippen molar-refractivity contribution >= 4 is 17.8 Å². The molecule has 1 N–H and O–H groups in total. The maximum Gasteiger partial charge on any atom is 0.339 e. The second kappa shape index (κ2) is 8.17. The van der Waals surface area contributed by atoms with E-state index in [4.69, 9.17) is 4.74 Å². The van der Waals surface area contributed by atoms with Crippen LogP contribution in [0.2, 0.25) is 0 Å². The van der Waals surface area contributed by atoms with Gasteiger partial charge in [0.1, 0.15) is 0 Å². The van der Waals surface area contributed by atoms with Crippen LogP contribution in [0, 0.1) is 5.92 Å². The normalized spacial score (nSPS) is 11.7. The number of rotatable bonds is 6. The number of benzene rings is 1. The van der Waals surface area contributed by atoms with Crippen molar-refractivity contribution in [1.29, 1.82) is 0 Å². The molecule has 0 heterocycles. The number of carbonyl (C=O) groups is 3. The summed E-state index contributed by atoms with van der Waals surface area (Å²) >= 11 is 0. The van der Waals surface area contributed by atoms with Crippen LogP contribution in [0.5, 0.6) is 0 Å². The predicted octanol–water partition coefficient (Wildman–Crippen LogP) is 1.79. The van der Waals surface area contributed by atoms with Gasteiger partial charge in [0, 0.05) is 6.04 Å². The molecule has 0 aliphatic carbocycles. The molecule has 0 aliphatic rings. The van der Waals surface area contributed by atoms with Crippen molar-refractivity contribution in [2.24, 2.45) is 5.92 Å². The lowest BCUT2D eigenvalue weighted by atomic mass is 10.1. The van der Waals surface area contributed by atoms with E-state index in [0.29, 0.717) is 0 Å². The summed E-state index contributed by atoms with van der Waals surface area (Å²) in [6.45, 7) is 5.43. The minimum atomic E-state index is -0.742. The average molecular weight is 307 g/mol. The smallest absolute Gasteiger partial charge is 0.339 e. The average Bonchev–Trinajstić information content (AvgIpc) is 2.51.